The summed E-state index contributed by atoms with van der Waals surface area (Å²) in [6, 6.07) is 0. The number of nitrogens with zero attached hydrogens (tertiary/aromatic N) is 1. The SMILES string of the molecule is CC(C)CC(C=CN1C=C1)OC1CC(O)C(O)C(CO)O1. The van der Waals surface area contributed by atoms with E-state index < -0.39 is 24.6 Å². The molecule has 0 radical (unpaired) electrons. The topological polar surface area (TPSA) is 82.2 Å². The van der Waals surface area contributed by atoms with Gasteiger partial charge in [-0.3, -0.25) is 0 Å². The van der Waals surface area contributed by atoms with Gasteiger partial charge >= 0.3 is 0 Å². The van der Waals surface area contributed by atoms with Gasteiger partial charge in [-0.15, -0.1) is 0 Å². The summed E-state index contributed by atoms with van der Waals surface area (Å²) in [4.78, 5) is 1.92. The Morgan fingerprint density at radius 3 is 2.67 bits per heavy atom. The van der Waals surface area contributed by atoms with Crippen molar-refractivity contribution >= 4 is 0 Å². The van der Waals surface area contributed by atoms with Gasteiger partial charge in [-0.05, 0) is 18.4 Å². The van der Waals surface area contributed by atoms with Gasteiger partial charge in [0.1, 0.15) is 12.2 Å². The third kappa shape index (κ3) is 5.09. The summed E-state index contributed by atoms with van der Waals surface area (Å²) in [5.74, 6) is 0.453. The second kappa shape index (κ2) is 7.38. The number of ether oxygens (including phenoxy) is 2. The summed E-state index contributed by atoms with van der Waals surface area (Å²) in [5, 5.41) is 28.7. The molecule has 6 nitrogen and oxygen atoms in total. The van der Waals surface area contributed by atoms with Gasteiger partial charge in [0.25, 0.3) is 0 Å². The van der Waals surface area contributed by atoms with E-state index in [1.165, 1.54) is 0 Å². The Morgan fingerprint density at radius 2 is 2.10 bits per heavy atom. The number of aliphatic hydroxyl groups is 3. The molecule has 1 fully saturated rings. The molecule has 0 amide bonds. The first-order valence-electron chi connectivity index (χ1n) is 7.41. The maximum Gasteiger partial charge on any atom is 0.161 e. The predicted octanol–water partition coefficient (Wildman–Crippen LogP) is 0.547. The molecule has 5 unspecified atom stereocenters. The van der Waals surface area contributed by atoms with E-state index in [0.717, 1.165) is 6.42 Å². The molecule has 0 aliphatic carbocycles. The lowest BCUT2D eigenvalue weighted by molar-refractivity contribution is -0.265. The van der Waals surface area contributed by atoms with Crippen LogP contribution in [0.4, 0.5) is 0 Å². The second-order valence-electron chi connectivity index (χ2n) is 5.97. The van der Waals surface area contributed by atoms with Crippen LogP contribution in [0.15, 0.2) is 24.7 Å². The van der Waals surface area contributed by atoms with E-state index in [0.29, 0.717) is 5.92 Å². The van der Waals surface area contributed by atoms with Gasteiger partial charge in [-0.1, -0.05) is 13.8 Å². The van der Waals surface area contributed by atoms with Crippen LogP contribution in [-0.2, 0) is 9.47 Å². The maximum atomic E-state index is 9.82. The molecule has 0 bridgehead atoms. The number of hydrogen-bond acceptors (Lipinski definition) is 6. The van der Waals surface area contributed by atoms with Crippen molar-refractivity contribution in [1.82, 2.24) is 4.90 Å². The van der Waals surface area contributed by atoms with Crippen molar-refractivity contribution in [3.63, 3.8) is 0 Å². The van der Waals surface area contributed by atoms with Crippen LogP contribution in [-0.4, -0.2) is 57.5 Å². The molecule has 0 aromatic heterocycles. The lowest BCUT2D eigenvalue weighted by Crippen LogP contribution is -2.51. The van der Waals surface area contributed by atoms with Gasteiger partial charge < -0.3 is 29.7 Å². The normalized spacial score (nSPS) is 33.9. The van der Waals surface area contributed by atoms with E-state index in [2.05, 4.69) is 13.8 Å². The summed E-state index contributed by atoms with van der Waals surface area (Å²) in [7, 11) is 0. The molecule has 0 saturated carbocycles. The molecular weight excluding hydrogens is 274 g/mol. The van der Waals surface area contributed by atoms with E-state index in [-0.39, 0.29) is 19.1 Å². The van der Waals surface area contributed by atoms with Crippen molar-refractivity contribution in [2.75, 3.05) is 6.61 Å². The standard InChI is InChI=1S/C15H25NO5/c1-10(2)7-11(3-4-16-5-6-16)20-14-8-12(18)15(19)13(9-17)21-14/h3-6,10-15,17-19H,7-9H2,1-2H3. The Bertz CT molecular complexity index is 378. The number of rotatable bonds is 7. The second-order valence-corrected chi connectivity index (χ2v) is 5.97. The van der Waals surface area contributed by atoms with Gasteiger partial charge in [0, 0.05) is 25.0 Å². The van der Waals surface area contributed by atoms with Crippen LogP contribution in [0, 0.1) is 5.92 Å². The Morgan fingerprint density at radius 1 is 1.38 bits per heavy atom. The van der Waals surface area contributed by atoms with Crippen molar-refractivity contribution < 1.29 is 24.8 Å². The van der Waals surface area contributed by atoms with Crippen molar-refractivity contribution in [3.05, 3.63) is 24.7 Å². The van der Waals surface area contributed by atoms with Gasteiger partial charge in [0.2, 0.25) is 0 Å². The fourth-order valence-electron chi connectivity index (χ4n) is 2.33. The van der Waals surface area contributed by atoms with Crippen molar-refractivity contribution in [2.24, 2.45) is 5.92 Å². The van der Waals surface area contributed by atoms with Crippen LogP contribution < -0.4 is 0 Å². The van der Waals surface area contributed by atoms with Gasteiger partial charge in [0.15, 0.2) is 6.29 Å². The van der Waals surface area contributed by atoms with Crippen LogP contribution in [0.3, 0.4) is 0 Å². The first-order chi connectivity index (χ1) is 9.99. The molecule has 120 valence electrons. The van der Waals surface area contributed by atoms with E-state index in [4.69, 9.17) is 9.47 Å². The first-order valence-corrected chi connectivity index (χ1v) is 7.41. The molecule has 0 spiro atoms. The molecular formula is C15H25NO5. The van der Waals surface area contributed by atoms with Crippen molar-refractivity contribution in [1.29, 1.82) is 0 Å². The van der Waals surface area contributed by atoms with Crippen molar-refractivity contribution in [2.45, 2.75) is 57.4 Å². The Balaban J connectivity index is 1.91. The van der Waals surface area contributed by atoms with E-state index in [1.807, 2.05) is 29.6 Å². The van der Waals surface area contributed by atoms with Crippen LogP contribution in [0.1, 0.15) is 26.7 Å². The smallest absolute Gasteiger partial charge is 0.161 e. The van der Waals surface area contributed by atoms with E-state index in [9.17, 15) is 15.3 Å². The highest BCUT2D eigenvalue weighted by molar-refractivity contribution is 5.10. The van der Waals surface area contributed by atoms with Crippen molar-refractivity contribution in [3.8, 4) is 0 Å². The summed E-state index contributed by atoms with van der Waals surface area (Å²) < 4.78 is 11.4. The molecule has 2 aliphatic heterocycles. The number of hydrogen-bond donors (Lipinski definition) is 3. The van der Waals surface area contributed by atoms with Crippen LogP contribution in [0.25, 0.3) is 0 Å². The highest BCUT2D eigenvalue weighted by atomic mass is 16.7. The lowest BCUT2D eigenvalue weighted by atomic mass is 10.0. The summed E-state index contributed by atoms with van der Waals surface area (Å²) in [5.41, 5.74) is 0. The molecule has 0 aromatic rings. The summed E-state index contributed by atoms with van der Waals surface area (Å²) >= 11 is 0. The monoisotopic (exact) mass is 299 g/mol. The average Bonchev–Trinajstić information content (AvgIpc) is 3.23. The minimum Gasteiger partial charge on any atom is -0.394 e. The minimum absolute atomic E-state index is 0.140. The highest BCUT2D eigenvalue weighted by Crippen LogP contribution is 2.24. The maximum absolute atomic E-state index is 9.82. The summed E-state index contributed by atoms with van der Waals surface area (Å²) in [6.07, 6.45) is 5.17. The molecule has 6 heteroatoms. The van der Waals surface area contributed by atoms with Crippen LogP contribution >= 0.6 is 0 Å². The van der Waals surface area contributed by atoms with E-state index in [1.54, 1.807) is 0 Å². The molecule has 3 N–H and O–H groups in total. The molecule has 1 saturated heterocycles. The van der Waals surface area contributed by atoms with Crippen LogP contribution in [0.2, 0.25) is 0 Å². The number of aliphatic hydroxyl groups excluding tert-OH is 3. The zero-order chi connectivity index (χ0) is 15.4. The van der Waals surface area contributed by atoms with Gasteiger partial charge in [0.05, 0.1) is 18.8 Å². The molecule has 5 atom stereocenters. The fourth-order valence-corrected chi connectivity index (χ4v) is 2.33. The Hall–Kier alpha value is -0.920. The Kier molecular flexibility index (Phi) is 5.78. The predicted molar refractivity (Wildman–Crippen MR) is 76.8 cm³/mol. The third-order valence-electron chi connectivity index (χ3n) is 3.54. The lowest BCUT2D eigenvalue weighted by Gasteiger charge is -2.37. The van der Waals surface area contributed by atoms with Crippen LogP contribution in [0.5, 0.6) is 0 Å². The van der Waals surface area contributed by atoms with Gasteiger partial charge in [-0.25, -0.2) is 0 Å². The fraction of sp³-hybridized carbons (Fsp3) is 0.733. The largest absolute Gasteiger partial charge is 0.394 e. The molecule has 0 aromatic carbocycles. The summed E-state index contributed by atoms with van der Waals surface area (Å²) in [6.45, 7) is 3.87. The molecule has 21 heavy (non-hydrogen) atoms. The molecule has 2 heterocycles. The molecule has 2 rings (SSSR count). The first kappa shape index (κ1) is 16.5. The van der Waals surface area contributed by atoms with Gasteiger partial charge in [-0.2, -0.15) is 0 Å². The third-order valence-corrected chi connectivity index (χ3v) is 3.54. The highest BCUT2D eigenvalue weighted by Gasteiger charge is 2.37. The van der Waals surface area contributed by atoms with E-state index >= 15 is 0 Å². The Labute approximate surface area is 125 Å². The zero-order valence-corrected chi connectivity index (χ0v) is 12.5. The minimum atomic E-state index is -1.07. The zero-order valence-electron chi connectivity index (χ0n) is 12.5. The molecule has 2 aliphatic rings. The average molecular weight is 299 g/mol. The quantitative estimate of drug-likeness (QED) is 0.637.